The Kier molecular flexibility index (Phi) is 4.99. The van der Waals surface area contributed by atoms with Gasteiger partial charge in [0.15, 0.2) is 0 Å². The molecule has 3 aliphatic rings. The maximum Gasteiger partial charge on any atom is 0.240 e. The van der Waals surface area contributed by atoms with Crippen LogP contribution in [0.5, 0.6) is 0 Å². The molecule has 0 aromatic carbocycles. The summed E-state index contributed by atoms with van der Waals surface area (Å²) in [7, 11) is 0. The molecule has 20 heavy (non-hydrogen) atoms. The number of fused-ring (bicyclic) bond motifs is 1. The van der Waals surface area contributed by atoms with Crippen LogP contribution >= 0.6 is 27.7 Å². The lowest BCUT2D eigenvalue weighted by Crippen LogP contribution is -2.87. The van der Waals surface area contributed by atoms with Crippen LogP contribution in [0.1, 0.15) is 13.8 Å². The molecule has 0 saturated carbocycles. The number of thioether (sulfide) groups is 1. The number of nitrogens with two attached hydrogens (primary N) is 1. The van der Waals surface area contributed by atoms with Gasteiger partial charge in [0.1, 0.15) is 10.2 Å². The molecule has 0 radical (unpaired) electrons. The van der Waals surface area contributed by atoms with Crippen LogP contribution in [0.2, 0.25) is 0 Å². The van der Waals surface area contributed by atoms with Crippen molar-refractivity contribution in [2.75, 3.05) is 26.3 Å². The van der Waals surface area contributed by atoms with E-state index in [1.165, 1.54) is 16.7 Å². The van der Waals surface area contributed by atoms with Gasteiger partial charge in [0.25, 0.3) is 0 Å². The molecule has 3 aliphatic heterocycles. The van der Waals surface area contributed by atoms with Crippen molar-refractivity contribution in [2.24, 2.45) is 0 Å². The van der Waals surface area contributed by atoms with E-state index in [0.717, 1.165) is 26.3 Å². The fourth-order valence-electron chi connectivity index (χ4n) is 2.53. The van der Waals surface area contributed by atoms with Gasteiger partial charge in [-0.1, -0.05) is 15.9 Å². The summed E-state index contributed by atoms with van der Waals surface area (Å²) in [5.74, 6) is -1.32. The van der Waals surface area contributed by atoms with E-state index in [-0.39, 0.29) is 16.1 Å². The Bertz CT molecular complexity index is 391. The second kappa shape index (κ2) is 6.21. The third-order valence-corrected chi connectivity index (χ3v) is 6.35. The number of carboxylic acids is 1. The van der Waals surface area contributed by atoms with Crippen LogP contribution < -0.4 is 10.4 Å². The van der Waals surface area contributed by atoms with E-state index in [9.17, 15) is 14.7 Å². The van der Waals surface area contributed by atoms with Gasteiger partial charge in [-0.2, -0.15) is 0 Å². The highest BCUT2D eigenvalue weighted by molar-refractivity contribution is 9.10. The molecule has 0 unspecified atom stereocenters. The van der Waals surface area contributed by atoms with Crippen LogP contribution in [-0.2, 0) is 14.3 Å². The second-order valence-electron chi connectivity index (χ2n) is 5.46. The maximum atomic E-state index is 11.4. The van der Waals surface area contributed by atoms with Crippen LogP contribution in [0.15, 0.2) is 0 Å². The molecular formula is C12H19BrN2O4S. The number of carboxylic acid groups (broad SMARTS) is 1. The summed E-state index contributed by atoms with van der Waals surface area (Å²) < 4.78 is 4.57. The number of morpholine rings is 1. The maximum absolute atomic E-state index is 11.4. The predicted molar refractivity (Wildman–Crippen MR) is 76.3 cm³/mol. The highest BCUT2D eigenvalue weighted by atomic mass is 79.9. The largest absolute Gasteiger partial charge is 0.548 e. The number of hydrogen-bond donors (Lipinski definition) is 1. The first kappa shape index (κ1) is 16.1. The SMILES string of the molecule is C1COCC[NH2+]1.CC1(C)S[C@H]2[C@H](Br)C(=O)N2[C@@H]1C(=O)[O-]. The number of alkyl halides is 1. The Labute approximate surface area is 130 Å². The van der Waals surface area contributed by atoms with Gasteiger partial charge in [0.05, 0.1) is 38.3 Å². The Balaban J connectivity index is 0.000000205. The predicted octanol–water partition coefficient (Wildman–Crippen LogP) is -1.86. The number of carbonyl (C=O) groups is 2. The van der Waals surface area contributed by atoms with Gasteiger partial charge in [-0.25, -0.2) is 0 Å². The van der Waals surface area contributed by atoms with Crippen LogP contribution in [0, 0.1) is 0 Å². The van der Waals surface area contributed by atoms with Gasteiger partial charge in [-0.15, -0.1) is 11.8 Å². The summed E-state index contributed by atoms with van der Waals surface area (Å²) in [5, 5.41) is 13.1. The molecule has 3 atom stereocenters. The molecule has 0 bridgehead atoms. The van der Waals surface area contributed by atoms with Crippen LogP contribution in [0.4, 0.5) is 0 Å². The molecule has 3 rings (SSSR count). The normalized spacial score (nSPS) is 34.6. The average molecular weight is 367 g/mol. The number of nitrogens with zero attached hydrogens (tertiary/aromatic N) is 1. The molecule has 2 N–H and O–H groups in total. The molecule has 3 saturated heterocycles. The van der Waals surface area contributed by atoms with Crippen molar-refractivity contribution in [3.05, 3.63) is 0 Å². The Morgan fingerprint density at radius 2 is 2.10 bits per heavy atom. The summed E-state index contributed by atoms with van der Waals surface area (Å²) >= 11 is 4.74. The standard InChI is InChI=1S/C8H10BrNO3S.C4H9NO/c1-8(2)4(7(12)13)10-5(11)3(9)6(10)14-8;1-3-6-4-2-5-1/h3-4,6H,1-2H3,(H,12,13);5H,1-4H2/t3-,4-,6+;/m1./s1. The molecule has 3 heterocycles. The Morgan fingerprint density at radius 3 is 2.50 bits per heavy atom. The first-order valence-corrected chi connectivity index (χ1v) is 8.40. The fourth-order valence-corrected chi connectivity index (χ4v) is 4.88. The number of aliphatic carboxylic acids is 1. The van der Waals surface area contributed by atoms with Crippen molar-refractivity contribution < 1.29 is 24.7 Å². The number of ether oxygens (including phenoxy) is 1. The summed E-state index contributed by atoms with van der Waals surface area (Å²) in [6.07, 6.45) is 0. The van der Waals surface area contributed by atoms with Gasteiger partial charge >= 0.3 is 0 Å². The van der Waals surface area contributed by atoms with E-state index < -0.39 is 16.8 Å². The zero-order valence-electron chi connectivity index (χ0n) is 11.5. The third kappa shape index (κ3) is 2.98. The molecule has 0 spiro atoms. The number of amides is 1. The monoisotopic (exact) mass is 366 g/mol. The molecular weight excluding hydrogens is 348 g/mol. The van der Waals surface area contributed by atoms with Crippen molar-refractivity contribution in [2.45, 2.75) is 34.8 Å². The van der Waals surface area contributed by atoms with Crippen molar-refractivity contribution >= 4 is 39.6 Å². The van der Waals surface area contributed by atoms with Crippen molar-refractivity contribution in [1.82, 2.24) is 4.90 Å². The lowest BCUT2D eigenvalue weighted by atomic mass is 9.98. The van der Waals surface area contributed by atoms with Gasteiger partial charge in [0.2, 0.25) is 5.91 Å². The van der Waals surface area contributed by atoms with Crippen LogP contribution in [-0.4, -0.2) is 64.1 Å². The minimum Gasteiger partial charge on any atom is -0.548 e. The molecule has 8 heteroatoms. The van der Waals surface area contributed by atoms with E-state index in [1.807, 2.05) is 13.8 Å². The van der Waals surface area contributed by atoms with E-state index in [4.69, 9.17) is 4.74 Å². The van der Waals surface area contributed by atoms with Gasteiger partial charge in [-0.05, 0) is 13.8 Å². The fraction of sp³-hybridized carbons (Fsp3) is 0.833. The quantitative estimate of drug-likeness (QED) is 0.434. The minimum absolute atomic E-state index is 0.0552. The molecule has 0 aromatic rings. The Morgan fingerprint density at radius 1 is 1.50 bits per heavy atom. The number of hydrogen-bond acceptors (Lipinski definition) is 5. The number of β-lactam (4-membered cyclic amide) rings is 1. The summed E-state index contributed by atoms with van der Waals surface area (Å²) in [4.78, 5) is 23.5. The molecule has 0 aliphatic carbocycles. The minimum atomic E-state index is -1.17. The first-order chi connectivity index (χ1) is 9.36. The molecule has 0 aromatic heterocycles. The van der Waals surface area contributed by atoms with Gasteiger partial charge in [-0.3, -0.25) is 4.79 Å². The van der Waals surface area contributed by atoms with E-state index in [2.05, 4.69) is 21.2 Å². The lowest BCUT2D eigenvalue weighted by molar-refractivity contribution is -0.670. The topological polar surface area (TPSA) is 86.3 Å². The highest BCUT2D eigenvalue weighted by Gasteiger charge is 2.60. The number of quaternary nitrogens is 1. The number of rotatable bonds is 1. The average Bonchev–Trinajstić information content (AvgIpc) is 2.70. The van der Waals surface area contributed by atoms with Crippen molar-refractivity contribution in [3.8, 4) is 0 Å². The summed E-state index contributed by atoms with van der Waals surface area (Å²) in [5.41, 5.74) is 0. The second-order valence-corrected chi connectivity index (χ2v) is 8.22. The van der Waals surface area contributed by atoms with E-state index in [0.29, 0.717) is 0 Å². The smallest absolute Gasteiger partial charge is 0.240 e. The highest BCUT2D eigenvalue weighted by Crippen LogP contribution is 2.52. The summed E-state index contributed by atoms with van der Waals surface area (Å²) in [6, 6.07) is -0.807. The zero-order valence-corrected chi connectivity index (χ0v) is 13.9. The van der Waals surface area contributed by atoms with Gasteiger partial charge in [0, 0.05) is 4.75 Å². The molecule has 3 fully saturated rings. The van der Waals surface area contributed by atoms with Crippen LogP contribution in [0.3, 0.4) is 0 Å². The first-order valence-electron chi connectivity index (χ1n) is 6.60. The van der Waals surface area contributed by atoms with Gasteiger partial charge < -0.3 is 24.9 Å². The van der Waals surface area contributed by atoms with E-state index >= 15 is 0 Å². The molecule has 6 nitrogen and oxygen atoms in total. The van der Waals surface area contributed by atoms with E-state index in [1.54, 1.807) is 0 Å². The van der Waals surface area contributed by atoms with Crippen LogP contribution in [0.25, 0.3) is 0 Å². The Hall–Kier alpha value is -0.310. The molecule has 114 valence electrons. The third-order valence-electron chi connectivity index (χ3n) is 3.53. The lowest BCUT2D eigenvalue weighted by Gasteiger charge is -2.42. The summed E-state index contributed by atoms with van der Waals surface area (Å²) in [6.45, 7) is 7.84. The van der Waals surface area contributed by atoms with Crippen molar-refractivity contribution in [3.63, 3.8) is 0 Å². The zero-order chi connectivity index (χ0) is 14.9. The number of carbonyl (C=O) groups excluding carboxylic acids is 2. The molecule has 1 amide bonds. The van der Waals surface area contributed by atoms with Crippen molar-refractivity contribution in [1.29, 1.82) is 0 Å². The number of halogens is 1.